The number of halogens is 2. The van der Waals surface area contributed by atoms with Crippen molar-refractivity contribution < 1.29 is 5.11 Å². The number of likely N-dealkylation sites (N-methyl/N-ethyl adjacent to an activating group) is 1. The second-order valence-electron chi connectivity index (χ2n) is 3.20. The molecule has 0 aliphatic carbocycles. The maximum Gasteiger partial charge on any atom is 0.0558 e. The van der Waals surface area contributed by atoms with Crippen LogP contribution >= 0.6 is 27.5 Å². The predicted molar refractivity (Wildman–Crippen MR) is 62.6 cm³/mol. The molecule has 0 aliphatic rings. The molecule has 0 amide bonds. The van der Waals surface area contributed by atoms with E-state index in [0.717, 1.165) is 21.6 Å². The Kier molecular flexibility index (Phi) is 4.89. The minimum Gasteiger partial charge on any atom is -0.395 e. The van der Waals surface area contributed by atoms with Crippen LogP contribution in [-0.4, -0.2) is 30.2 Å². The van der Waals surface area contributed by atoms with Gasteiger partial charge in [0, 0.05) is 22.6 Å². The lowest BCUT2D eigenvalue weighted by molar-refractivity contribution is 0.217. The van der Waals surface area contributed by atoms with Crippen LogP contribution in [0.4, 0.5) is 0 Å². The average molecular weight is 279 g/mol. The van der Waals surface area contributed by atoms with Gasteiger partial charge in [-0.1, -0.05) is 33.6 Å². The molecule has 0 aliphatic heterocycles. The number of aliphatic hydroxyl groups excluding tert-OH is 1. The van der Waals surface area contributed by atoms with Gasteiger partial charge in [-0.2, -0.15) is 0 Å². The molecular weight excluding hydrogens is 265 g/mol. The summed E-state index contributed by atoms with van der Waals surface area (Å²) in [5.41, 5.74) is 1.07. The molecule has 0 aromatic heterocycles. The highest BCUT2D eigenvalue weighted by molar-refractivity contribution is 9.10. The Labute approximate surface area is 97.6 Å². The number of rotatable bonds is 4. The van der Waals surface area contributed by atoms with Gasteiger partial charge in [0.15, 0.2) is 0 Å². The van der Waals surface area contributed by atoms with Crippen molar-refractivity contribution >= 4 is 27.5 Å². The van der Waals surface area contributed by atoms with E-state index < -0.39 is 0 Å². The standard InChI is InChI=1S/C10H13BrClNO/c1-13(4-5-14)7-8-2-3-9(11)6-10(8)12/h2-3,6,14H,4-5,7H2,1H3. The Morgan fingerprint density at radius 1 is 1.50 bits per heavy atom. The molecule has 0 spiro atoms. The molecule has 1 rings (SSSR count). The Morgan fingerprint density at radius 3 is 2.79 bits per heavy atom. The molecule has 0 unspecified atom stereocenters. The van der Waals surface area contributed by atoms with E-state index >= 15 is 0 Å². The third-order valence-corrected chi connectivity index (χ3v) is 2.78. The Bertz CT molecular complexity index is 306. The molecule has 0 fully saturated rings. The third kappa shape index (κ3) is 3.58. The van der Waals surface area contributed by atoms with Crippen molar-refractivity contribution in [3.8, 4) is 0 Å². The van der Waals surface area contributed by atoms with E-state index in [4.69, 9.17) is 16.7 Å². The first-order chi connectivity index (χ1) is 6.63. The molecule has 0 bridgehead atoms. The lowest BCUT2D eigenvalue weighted by atomic mass is 10.2. The van der Waals surface area contributed by atoms with Gasteiger partial charge >= 0.3 is 0 Å². The van der Waals surface area contributed by atoms with Crippen molar-refractivity contribution in [1.29, 1.82) is 0 Å². The zero-order chi connectivity index (χ0) is 10.6. The molecular formula is C10H13BrClNO. The Balaban J connectivity index is 2.67. The molecule has 0 heterocycles. The van der Waals surface area contributed by atoms with Crippen LogP contribution in [0.2, 0.25) is 5.02 Å². The van der Waals surface area contributed by atoms with Gasteiger partial charge in [-0.15, -0.1) is 0 Å². The minimum absolute atomic E-state index is 0.171. The second-order valence-corrected chi connectivity index (χ2v) is 4.52. The first-order valence-electron chi connectivity index (χ1n) is 4.37. The topological polar surface area (TPSA) is 23.5 Å². The highest BCUT2D eigenvalue weighted by atomic mass is 79.9. The van der Waals surface area contributed by atoms with Crippen LogP contribution in [0.25, 0.3) is 0 Å². The summed E-state index contributed by atoms with van der Waals surface area (Å²) in [7, 11) is 1.95. The zero-order valence-electron chi connectivity index (χ0n) is 8.00. The molecule has 1 N–H and O–H groups in total. The van der Waals surface area contributed by atoms with Crippen molar-refractivity contribution in [2.24, 2.45) is 0 Å². The van der Waals surface area contributed by atoms with Gasteiger partial charge in [-0.05, 0) is 24.7 Å². The van der Waals surface area contributed by atoms with Gasteiger partial charge in [0.25, 0.3) is 0 Å². The fourth-order valence-electron chi connectivity index (χ4n) is 1.19. The first-order valence-corrected chi connectivity index (χ1v) is 5.54. The van der Waals surface area contributed by atoms with E-state index in [2.05, 4.69) is 15.9 Å². The first kappa shape index (κ1) is 12.0. The van der Waals surface area contributed by atoms with Crippen LogP contribution in [0.5, 0.6) is 0 Å². The van der Waals surface area contributed by atoms with E-state index in [9.17, 15) is 0 Å². The van der Waals surface area contributed by atoms with E-state index in [-0.39, 0.29) is 6.61 Å². The van der Waals surface area contributed by atoms with Crippen molar-refractivity contribution in [3.05, 3.63) is 33.3 Å². The van der Waals surface area contributed by atoms with E-state index in [1.54, 1.807) is 0 Å². The summed E-state index contributed by atoms with van der Waals surface area (Å²) in [4.78, 5) is 2.02. The smallest absolute Gasteiger partial charge is 0.0558 e. The predicted octanol–water partition coefficient (Wildman–Crippen LogP) is 2.53. The quantitative estimate of drug-likeness (QED) is 0.915. The van der Waals surface area contributed by atoms with Crippen LogP contribution in [0, 0.1) is 0 Å². The van der Waals surface area contributed by atoms with Crippen molar-refractivity contribution in [1.82, 2.24) is 4.90 Å². The van der Waals surface area contributed by atoms with Crippen molar-refractivity contribution in [3.63, 3.8) is 0 Å². The second kappa shape index (κ2) is 5.71. The highest BCUT2D eigenvalue weighted by Gasteiger charge is 2.04. The fourth-order valence-corrected chi connectivity index (χ4v) is 1.92. The maximum atomic E-state index is 8.75. The lowest BCUT2D eigenvalue weighted by Gasteiger charge is -2.15. The number of benzene rings is 1. The normalized spacial score (nSPS) is 10.9. The van der Waals surface area contributed by atoms with Crippen molar-refractivity contribution in [2.45, 2.75) is 6.54 Å². The summed E-state index contributed by atoms with van der Waals surface area (Å²) in [5, 5.41) is 9.50. The number of nitrogens with zero attached hydrogens (tertiary/aromatic N) is 1. The molecule has 0 radical (unpaired) electrons. The SMILES string of the molecule is CN(CCO)Cc1ccc(Br)cc1Cl. The number of hydrogen-bond donors (Lipinski definition) is 1. The molecule has 2 nitrogen and oxygen atoms in total. The molecule has 14 heavy (non-hydrogen) atoms. The van der Waals surface area contributed by atoms with Gasteiger partial charge in [0.2, 0.25) is 0 Å². The van der Waals surface area contributed by atoms with E-state index in [1.165, 1.54) is 0 Å². The molecule has 78 valence electrons. The van der Waals surface area contributed by atoms with Gasteiger partial charge in [-0.25, -0.2) is 0 Å². The van der Waals surface area contributed by atoms with Crippen LogP contribution in [0.3, 0.4) is 0 Å². The lowest BCUT2D eigenvalue weighted by Crippen LogP contribution is -2.21. The molecule has 1 aromatic rings. The maximum absolute atomic E-state index is 8.75. The summed E-state index contributed by atoms with van der Waals surface area (Å²) in [6, 6.07) is 5.83. The largest absolute Gasteiger partial charge is 0.395 e. The Morgan fingerprint density at radius 2 is 2.21 bits per heavy atom. The Hall–Kier alpha value is -0.0900. The summed E-state index contributed by atoms with van der Waals surface area (Å²) in [5.74, 6) is 0. The van der Waals surface area contributed by atoms with Gasteiger partial charge in [0.1, 0.15) is 0 Å². The van der Waals surface area contributed by atoms with Gasteiger partial charge < -0.3 is 5.11 Å². The van der Waals surface area contributed by atoms with E-state index in [1.807, 2.05) is 30.1 Å². The molecule has 0 atom stereocenters. The number of aliphatic hydroxyl groups is 1. The third-order valence-electron chi connectivity index (χ3n) is 1.94. The summed E-state index contributed by atoms with van der Waals surface area (Å²) < 4.78 is 0.982. The van der Waals surface area contributed by atoms with Crippen LogP contribution in [0.15, 0.2) is 22.7 Å². The van der Waals surface area contributed by atoms with Crippen molar-refractivity contribution in [2.75, 3.05) is 20.2 Å². The zero-order valence-corrected chi connectivity index (χ0v) is 10.3. The summed E-state index contributed by atoms with van der Waals surface area (Å²) in [6.07, 6.45) is 0. The van der Waals surface area contributed by atoms with E-state index in [0.29, 0.717) is 6.54 Å². The molecule has 4 heteroatoms. The average Bonchev–Trinajstić information content (AvgIpc) is 2.10. The minimum atomic E-state index is 0.171. The van der Waals surface area contributed by atoms with Crippen LogP contribution in [0.1, 0.15) is 5.56 Å². The molecule has 0 saturated carbocycles. The fraction of sp³-hybridized carbons (Fsp3) is 0.400. The molecule has 0 saturated heterocycles. The van der Waals surface area contributed by atoms with Crippen LogP contribution < -0.4 is 0 Å². The van der Waals surface area contributed by atoms with Crippen LogP contribution in [-0.2, 0) is 6.54 Å². The summed E-state index contributed by atoms with van der Waals surface area (Å²) >= 11 is 9.41. The van der Waals surface area contributed by atoms with Gasteiger partial charge in [0.05, 0.1) is 6.61 Å². The highest BCUT2D eigenvalue weighted by Crippen LogP contribution is 2.22. The van der Waals surface area contributed by atoms with Gasteiger partial charge in [-0.3, -0.25) is 4.90 Å². The number of hydrogen-bond acceptors (Lipinski definition) is 2. The summed E-state index contributed by atoms with van der Waals surface area (Å²) in [6.45, 7) is 1.59. The monoisotopic (exact) mass is 277 g/mol. The molecule has 1 aromatic carbocycles.